The van der Waals surface area contributed by atoms with Crippen molar-refractivity contribution in [3.63, 3.8) is 0 Å². The predicted octanol–water partition coefficient (Wildman–Crippen LogP) is 1.28. The normalized spacial score (nSPS) is 24.8. The van der Waals surface area contributed by atoms with Crippen molar-refractivity contribution in [3.05, 3.63) is 35.6 Å². The van der Waals surface area contributed by atoms with E-state index in [2.05, 4.69) is 4.90 Å². The van der Waals surface area contributed by atoms with Crippen LogP contribution in [0.15, 0.2) is 24.3 Å². The van der Waals surface area contributed by atoms with Crippen molar-refractivity contribution in [2.75, 3.05) is 13.1 Å². The van der Waals surface area contributed by atoms with Gasteiger partial charge in [-0.25, -0.2) is 4.39 Å². The van der Waals surface area contributed by atoms with E-state index in [-0.39, 0.29) is 24.0 Å². The molecule has 1 saturated heterocycles. The average Bonchev–Trinajstić information content (AvgIpc) is 2.75. The molecule has 4 heteroatoms. The topological polar surface area (TPSA) is 49.5 Å². The molecule has 0 aliphatic carbocycles. The number of nitrogens with two attached hydrogens (primary N) is 1. The van der Waals surface area contributed by atoms with Crippen LogP contribution in [0, 0.1) is 5.82 Å². The molecule has 1 aromatic carbocycles. The van der Waals surface area contributed by atoms with Crippen LogP contribution in [-0.2, 0) is 0 Å². The first-order valence-electron chi connectivity index (χ1n) is 6.01. The monoisotopic (exact) mass is 238 g/mol. The largest absolute Gasteiger partial charge is 0.392 e. The third-order valence-corrected chi connectivity index (χ3v) is 3.52. The number of halogens is 1. The molecule has 0 saturated carbocycles. The summed E-state index contributed by atoms with van der Waals surface area (Å²) in [5.41, 5.74) is 7.20. The van der Waals surface area contributed by atoms with Gasteiger partial charge in [0.2, 0.25) is 0 Å². The molecule has 17 heavy (non-hydrogen) atoms. The summed E-state index contributed by atoms with van der Waals surface area (Å²) in [5, 5.41) is 9.49. The molecule has 1 aliphatic rings. The molecular formula is C13H19FN2O. The van der Waals surface area contributed by atoms with Crippen LogP contribution in [0.5, 0.6) is 0 Å². The highest BCUT2D eigenvalue weighted by molar-refractivity contribution is 5.21. The molecule has 1 aliphatic heterocycles. The summed E-state index contributed by atoms with van der Waals surface area (Å²) in [5.74, 6) is -0.105. The van der Waals surface area contributed by atoms with Gasteiger partial charge in [0.1, 0.15) is 5.82 Å². The lowest BCUT2D eigenvalue weighted by molar-refractivity contribution is 0.152. The smallest absolute Gasteiger partial charge is 0.123 e. The Morgan fingerprint density at radius 2 is 2.06 bits per heavy atom. The fraction of sp³-hybridized carbons (Fsp3) is 0.538. The number of hydrogen-bond acceptors (Lipinski definition) is 3. The van der Waals surface area contributed by atoms with Gasteiger partial charge >= 0.3 is 0 Å². The molecule has 1 fully saturated rings. The molecule has 0 bridgehead atoms. The van der Waals surface area contributed by atoms with Crippen LogP contribution in [0.4, 0.5) is 4.39 Å². The maximum Gasteiger partial charge on any atom is 0.123 e. The second kappa shape index (κ2) is 5.12. The molecule has 1 unspecified atom stereocenters. The molecule has 3 atom stereocenters. The minimum atomic E-state index is -0.263. The van der Waals surface area contributed by atoms with Gasteiger partial charge in [0.15, 0.2) is 0 Å². The van der Waals surface area contributed by atoms with Gasteiger partial charge in [0.05, 0.1) is 12.3 Å². The summed E-state index contributed by atoms with van der Waals surface area (Å²) in [4.78, 5) is 2.08. The van der Waals surface area contributed by atoms with Gasteiger partial charge in [0, 0.05) is 19.0 Å². The fourth-order valence-corrected chi connectivity index (χ4v) is 2.32. The van der Waals surface area contributed by atoms with Crippen LogP contribution in [0.25, 0.3) is 0 Å². The summed E-state index contributed by atoms with van der Waals surface area (Å²) in [6, 6.07) is 6.45. The number of aliphatic hydroxyl groups is 1. The van der Waals surface area contributed by atoms with Crippen molar-refractivity contribution in [1.82, 2.24) is 4.90 Å². The summed E-state index contributed by atoms with van der Waals surface area (Å²) < 4.78 is 12.8. The van der Waals surface area contributed by atoms with Crippen molar-refractivity contribution in [3.8, 4) is 0 Å². The Hall–Kier alpha value is -0.970. The second-order valence-electron chi connectivity index (χ2n) is 4.77. The Labute approximate surface area is 101 Å². The van der Waals surface area contributed by atoms with E-state index in [4.69, 9.17) is 5.73 Å². The Morgan fingerprint density at radius 1 is 1.41 bits per heavy atom. The van der Waals surface area contributed by atoms with Crippen LogP contribution < -0.4 is 5.73 Å². The molecule has 1 heterocycles. The zero-order valence-electron chi connectivity index (χ0n) is 10.0. The number of rotatable bonds is 3. The van der Waals surface area contributed by atoms with Gasteiger partial charge < -0.3 is 10.8 Å². The van der Waals surface area contributed by atoms with Gasteiger partial charge in [0.25, 0.3) is 0 Å². The van der Waals surface area contributed by atoms with E-state index < -0.39 is 0 Å². The van der Waals surface area contributed by atoms with Crippen LogP contribution in [0.2, 0.25) is 0 Å². The standard InChI is InChI=1S/C13H19FN2O/c1-9(10-2-4-11(14)5-3-10)13(15)16-7-6-12(17)8-16/h2-5,9,12-13,17H,6-8,15H2,1H3/t9-,12-,13?/m0/s1. The zero-order valence-corrected chi connectivity index (χ0v) is 10.0. The summed E-state index contributed by atoms with van der Waals surface area (Å²) in [7, 11) is 0. The van der Waals surface area contributed by atoms with Crippen LogP contribution in [0.3, 0.4) is 0 Å². The molecule has 94 valence electrons. The zero-order chi connectivity index (χ0) is 12.4. The third-order valence-electron chi connectivity index (χ3n) is 3.52. The number of aliphatic hydroxyl groups excluding tert-OH is 1. The highest BCUT2D eigenvalue weighted by Gasteiger charge is 2.28. The van der Waals surface area contributed by atoms with E-state index in [0.29, 0.717) is 6.54 Å². The predicted molar refractivity (Wildman–Crippen MR) is 65.0 cm³/mol. The SMILES string of the molecule is C[C@@H](c1ccc(F)cc1)C(N)N1CC[C@H](O)C1. The molecular weight excluding hydrogens is 219 g/mol. The van der Waals surface area contributed by atoms with Crippen molar-refractivity contribution < 1.29 is 9.50 Å². The van der Waals surface area contributed by atoms with E-state index in [1.807, 2.05) is 6.92 Å². The molecule has 1 aromatic rings. The van der Waals surface area contributed by atoms with E-state index >= 15 is 0 Å². The summed E-state index contributed by atoms with van der Waals surface area (Å²) >= 11 is 0. The maximum absolute atomic E-state index is 12.8. The number of likely N-dealkylation sites (tertiary alicyclic amines) is 1. The highest BCUT2D eigenvalue weighted by atomic mass is 19.1. The molecule has 3 N–H and O–H groups in total. The second-order valence-corrected chi connectivity index (χ2v) is 4.77. The Morgan fingerprint density at radius 3 is 2.59 bits per heavy atom. The molecule has 0 amide bonds. The van der Waals surface area contributed by atoms with Crippen LogP contribution in [0.1, 0.15) is 24.8 Å². The molecule has 3 nitrogen and oxygen atoms in total. The first kappa shape index (κ1) is 12.5. The van der Waals surface area contributed by atoms with Gasteiger partial charge in [-0.3, -0.25) is 4.90 Å². The van der Waals surface area contributed by atoms with Crippen molar-refractivity contribution in [2.45, 2.75) is 31.5 Å². The van der Waals surface area contributed by atoms with Crippen molar-refractivity contribution in [2.24, 2.45) is 5.73 Å². The van der Waals surface area contributed by atoms with Gasteiger partial charge in [-0.05, 0) is 24.1 Å². The van der Waals surface area contributed by atoms with Crippen molar-refractivity contribution >= 4 is 0 Å². The first-order valence-corrected chi connectivity index (χ1v) is 6.01. The van der Waals surface area contributed by atoms with E-state index in [1.165, 1.54) is 12.1 Å². The van der Waals surface area contributed by atoms with Crippen molar-refractivity contribution in [1.29, 1.82) is 0 Å². The maximum atomic E-state index is 12.8. The van der Waals surface area contributed by atoms with Crippen LogP contribution >= 0.6 is 0 Å². The van der Waals surface area contributed by atoms with Crippen LogP contribution in [-0.4, -0.2) is 35.4 Å². The number of nitrogens with zero attached hydrogens (tertiary/aromatic N) is 1. The Balaban J connectivity index is 2.04. The van der Waals surface area contributed by atoms with Gasteiger partial charge in [-0.2, -0.15) is 0 Å². The highest BCUT2D eigenvalue weighted by Crippen LogP contribution is 2.23. The number of hydrogen-bond donors (Lipinski definition) is 2. The van der Waals surface area contributed by atoms with Gasteiger partial charge in [-0.15, -0.1) is 0 Å². The van der Waals surface area contributed by atoms with E-state index in [1.54, 1.807) is 12.1 Å². The van der Waals surface area contributed by atoms with E-state index in [0.717, 1.165) is 18.5 Å². The quantitative estimate of drug-likeness (QED) is 0.834. The lowest BCUT2D eigenvalue weighted by Crippen LogP contribution is -2.44. The minimum absolute atomic E-state index is 0.126. The number of benzene rings is 1. The Bertz CT molecular complexity index is 368. The lowest BCUT2D eigenvalue weighted by Gasteiger charge is -2.29. The van der Waals surface area contributed by atoms with Gasteiger partial charge in [-0.1, -0.05) is 19.1 Å². The average molecular weight is 238 g/mol. The minimum Gasteiger partial charge on any atom is -0.392 e. The molecule has 0 radical (unpaired) electrons. The Kier molecular flexibility index (Phi) is 3.76. The molecule has 0 spiro atoms. The first-order chi connectivity index (χ1) is 8.08. The molecule has 2 rings (SSSR count). The lowest BCUT2D eigenvalue weighted by atomic mass is 9.97. The summed E-state index contributed by atoms with van der Waals surface area (Å²) in [6.45, 7) is 3.49. The van der Waals surface area contributed by atoms with E-state index in [9.17, 15) is 9.50 Å². The number of β-amino-alcohol motifs (C(OH)–C–C–N with tert-alkyl or cyclic N) is 1. The third kappa shape index (κ3) is 2.83. The summed E-state index contributed by atoms with van der Waals surface area (Å²) in [6.07, 6.45) is 0.392. The fourth-order valence-electron chi connectivity index (χ4n) is 2.32. The molecule has 0 aromatic heterocycles.